The zero-order valence-corrected chi connectivity index (χ0v) is 24.9. The van der Waals surface area contributed by atoms with E-state index < -0.39 is 40.2 Å². The van der Waals surface area contributed by atoms with E-state index in [1.165, 1.54) is 65.6 Å². The molecule has 0 aliphatic carbocycles. The molecule has 8 nitrogen and oxygen atoms in total. The van der Waals surface area contributed by atoms with Gasteiger partial charge in [0.15, 0.2) is 0 Å². The number of nitrogens with one attached hydrogen (secondary N) is 1. The second kappa shape index (κ2) is 15.3. The van der Waals surface area contributed by atoms with Crippen LogP contribution in [0.5, 0.6) is 5.75 Å². The molecule has 11 heteroatoms. The maximum atomic E-state index is 14.0. The van der Waals surface area contributed by atoms with E-state index in [4.69, 9.17) is 4.74 Å². The molecule has 1 N–H and O–H groups in total. The maximum absolute atomic E-state index is 14.0. The number of nitrogens with zero attached hydrogens (tertiary/aromatic N) is 2. The number of hydrogen-bond donors (Lipinski definition) is 1. The Hall–Kier alpha value is -3.99. The number of sulfonamides is 1. The molecule has 0 saturated carbocycles. The summed E-state index contributed by atoms with van der Waals surface area (Å²) in [5.41, 5.74) is 0.632. The third-order valence-corrected chi connectivity index (χ3v) is 8.39. The van der Waals surface area contributed by atoms with Gasteiger partial charge in [0, 0.05) is 13.1 Å². The van der Waals surface area contributed by atoms with E-state index in [1.807, 2.05) is 6.92 Å². The van der Waals surface area contributed by atoms with Gasteiger partial charge in [0.1, 0.15) is 30.0 Å². The van der Waals surface area contributed by atoms with Crippen molar-refractivity contribution in [2.75, 3.05) is 24.0 Å². The lowest BCUT2D eigenvalue weighted by Crippen LogP contribution is -2.52. The van der Waals surface area contributed by atoms with Crippen LogP contribution in [0.1, 0.15) is 45.6 Å². The summed E-state index contributed by atoms with van der Waals surface area (Å²) in [7, 11) is -4.32. The van der Waals surface area contributed by atoms with Crippen molar-refractivity contribution in [3.8, 4) is 5.75 Å². The second-order valence-electron chi connectivity index (χ2n) is 9.61. The van der Waals surface area contributed by atoms with Crippen molar-refractivity contribution in [2.24, 2.45) is 0 Å². The molecular weight excluding hydrogens is 564 g/mol. The summed E-state index contributed by atoms with van der Waals surface area (Å²) in [6.07, 6.45) is 1.88. The van der Waals surface area contributed by atoms with Gasteiger partial charge in [0.05, 0.1) is 17.2 Å². The molecule has 3 aromatic rings. The van der Waals surface area contributed by atoms with Gasteiger partial charge in [0.2, 0.25) is 11.8 Å². The smallest absolute Gasteiger partial charge is 0.264 e. The Morgan fingerprint density at radius 2 is 1.48 bits per heavy atom. The molecule has 0 bridgehead atoms. The lowest BCUT2D eigenvalue weighted by Gasteiger charge is -2.33. The normalized spacial score (nSPS) is 11.9. The number of anilines is 1. The van der Waals surface area contributed by atoms with Gasteiger partial charge in [-0.05, 0) is 86.0 Å². The zero-order chi connectivity index (χ0) is 30.7. The van der Waals surface area contributed by atoms with Gasteiger partial charge >= 0.3 is 0 Å². The molecule has 2 amide bonds. The van der Waals surface area contributed by atoms with Crippen molar-refractivity contribution in [2.45, 2.75) is 57.5 Å². The molecule has 1 atom stereocenters. The first-order chi connectivity index (χ1) is 20.1. The SMILES string of the molecule is CCCCNC(=O)C(CC)N(Cc1ccc(F)cc1)C(=O)CN(c1ccc(F)cc1)S(=O)(=O)c1ccc(OCC)cc1. The number of rotatable bonds is 15. The summed E-state index contributed by atoms with van der Waals surface area (Å²) < 4.78 is 61.5. The molecule has 0 radical (unpaired) electrons. The predicted octanol–water partition coefficient (Wildman–Crippen LogP) is 5.28. The summed E-state index contributed by atoms with van der Waals surface area (Å²) >= 11 is 0. The fraction of sp³-hybridized carbons (Fsp3) is 0.355. The Morgan fingerprint density at radius 1 is 0.881 bits per heavy atom. The van der Waals surface area contributed by atoms with E-state index in [0.29, 0.717) is 24.5 Å². The van der Waals surface area contributed by atoms with Crippen LogP contribution in [-0.4, -0.2) is 50.9 Å². The molecule has 0 saturated heterocycles. The summed E-state index contributed by atoms with van der Waals surface area (Å²) in [4.78, 5) is 28.4. The minimum atomic E-state index is -4.32. The molecule has 1 unspecified atom stereocenters. The standard InChI is InChI=1S/C31H37F2N3O5S/c1-4-7-20-34-31(38)29(5-2)35(21-23-8-10-24(32)11-9-23)30(37)22-36(26-14-12-25(33)13-15-26)42(39,40)28-18-16-27(17-19-28)41-6-3/h8-19,29H,4-7,20-22H2,1-3H3,(H,34,38). The van der Waals surface area contributed by atoms with E-state index >= 15 is 0 Å². The van der Waals surface area contributed by atoms with Crippen LogP contribution in [0, 0.1) is 11.6 Å². The van der Waals surface area contributed by atoms with Crippen molar-refractivity contribution in [3.05, 3.63) is 90.0 Å². The fourth-order valence-corrected chi connectivity index (χ4v) is 5.76. The van der Waals surface area contributed by atoms with Crippen LogP contribution in [0.2, 0.25) is 0 Å². The highest BCUT2D eigenvalue weighted by Crippen LogP contribution is 2.26. The van der Waals surface area contributed by atoms with E-state index in [-0.39, 0.29) is 29.5 Å². The van der Waals surface area contributed by atoms with Crippen LogP contribution in [-0.2, 0) is 26.2 Å². The van der Waals surface area contributed by atoms with E-state index in [2.05, 4.69) is 5.32 Å². The first kappa shape index (κ1) is 32.5. The highest BCUT2D eigenvalue weighted by molar-refractivity contribution is 7.92. The summed E-state index contributed by atoms with van der Waals surface area (Å²) in [5, 5.41) is 2.85. The number of unbranched alkanes of at least 4 members (excludes halogenated alkanes) is 1. The monoisotopic (exact) mass is 601 g/mol. The van der Waals surface area contributed by atoms with Crippen LogP contribution >= 0.6 is 0 Å². The molecule has 0 aliphatic heterocycles. The first-order valence-electron chi connectivity index (χ1n) is 13.9. The highest BCUT2D eigenvalue weighted by Gasteiger charge is 2.33. The molecule has 3 rings (SSSR count). The Morgan fingerprint density at radius 3 is 2.02 bits per heavy atom. The summed E-state index contributed by atoms with van der Waals surface area (Å²) in [5.74, 6) is -1.58. The lowest BCUT2D eigenvalue weighted by atomic mass is 10.1. The largest absolute Gasteiger partial charge is 0.494 e. The topological polar surface area (TPSA) is 96.0 Å². The third-order valence-electron chi connectivity index (χ3n) is 6.60. The fourth-order valence-electron chi connectivity index (χ4n) is 4.35. The van der Waals surface area contributed by atoms with Crippen molar-refractivity contribution < 1.29 is 31.5 Å². The Labute approximate surface area is 246 Å². The number of carbonyl (C=O) groups excluding carboxylic acids is 2. The summed E-state index contributed by atoms with van der Waals surface area (Å²) in [6.45, 7) is 5.65. The number of benzene rings is 3. The van der Waals surface area contributed by atoms with E-state index in [9.17, 15) is 26.8 Å². The molecule has 0 aromatic heterocycles. The van der Waals surface area contributed by atoms with Gasteiger partial charge in [-0.2, -0.15) is 0 Å². The Bertz CT molecular complexity index is 1420. The Kier molecular flexibility index (Phi) is 11.8. The average molecular weight is 602 g/mol. The van der Waals surface area contributed by atoms with Gasteiger partial charge in [-0.3, -0.25) is 13.9 Å². The number of halogens is 2. The minimum absolute atomic E-state index is 0.0564. The molecule has 0 spiro atoms. The van der Waals surface area contributed by atoms with E-state index in [1.54, 1.807) is 13.8 Å². The van der Waals surface area contributed by atoms with Gasteiger partial charge in [0.25, 0.3) is 10.0 Å². The number of ether oxygens (including phenoxy) is 1. The predicted molar refractivity (Wildman–Crippen MR) is 157 cm³/mol. The van der Waals surface area contributed by atoms with Crippen molar-refractivity contribution in [1.82, 2.24) is 10.2 Å². The van der Waals surface area contributed by atoms with E-state index in [0.717, 1.165) is 29.3 Å². The average Bonchev–Trinajstić information content (AvgIpc) is 2.98. The molecule has 3 aromatic carbocycles. The zero-order valence-electron chi connectivity index (χ0n) is 24.1. The van der Waals surface area contributed by atoms with Crippen LogP contribution in [0.25, 0.3) is 0 Å². The molecule has 0 fully saturated rings. The van der Waals surface area contributed by atoms with Crippen molar-refractivity contribution >= 4 is 27.5 Å². The molecule has 0 aliphatic rings. The molecule has 42 heavy (non-hydrogen) atoms. The van der Waals surface area contributed by atoms with Gasteiger partial charge in [-0.25, -0.2) is 17.2 Å². The van der Waals surface area contributed by atoms with Crippen LogP contribution in [0.15, 0.2) is 77.7 Å². The Balaban J connectivity index is 2.02. The minimum Gasteiger partial charge on any atom is -0.494 e. The van der Waals surface area contributed by atoms with Crippen molar-refractivity contribution in [1.29, 1.82) is 0 Å². The number of amides is 2. The molecule has 0 heterocycles. The quantitative estimate of drug-likeness (QED) is 0.239. The highest BCUT2D eigenvalue weighted by atomic mass is 32.2. The number of carbonyl (C=O) groups is 2. The first-order valence-corrected chi connectivity index (χ1v) is 15.4. The van der Waals surface area contributed by atoms with Crippen molar-refractivity contribution in [3.63, 3.8) is 0 Å². The van der Waals surface area contributed by atoms with Gasteiger partial charge < -0.3 is 15.0 Å². The number of hydrogen-bond acceptors (Lipinski definition) is 5. The molecular formula is C31H37F2N3O5S. The van der Waals surface area contributed by atoms with Crippen LogP contribution in [0.3, 0.4) is 0 Å². The third kappa shape index (κ3) is 8.51. The molecule has 226 valence electrons. The van der Waals surface area contributed by atoms with Gasteiger partial charge in [-0.1, -0.05) is 32.4 Å². The lowest BCUT2D eigenvalue weighted by molar-refractivity contribution is -0.140. The van der Waals surface area contributed by atoms with Gasteiger partial charge in [-0.15, -0.1) is 0 Å². The second-order valence-corrected chi connectivity index (χ2v) is 11.5. The van der Waals surface area contributed by atoms with Crippen LogP contribution < -0.4 is 14.4 Å². The van der Waals surface area contributed by atoms with Crippen LogP contribution in [0.4, 0.5) is 14.5 Å². The maximum Gasteiger partial charge on any atom is 0.264 e. The summed E-state index contributed by atoms with van der Waals surface area (Å²) in [6, 6.07) is 15.1.